The molecule has 0 radical (unpaired) electrons. The van der Waals surface area contributed by atoms with E-state index < -0.39 is 35.7 Å². The molecule has 14 nitrogen and oxygen atoms in total. The SMILES string of the molecule is O=C(COc1ccc(C2CCC(=O)NC2=O)cc1)NCCCCNC(=O)[C@H](NC(=O)[C@@H](c1cccnc1)N(C(=O)c1ccco1)c1ccc(-c2ccccc2)cc1)c1ccccc1. The van der Waals surface area contributed by atoms with E-state index in [4.69, 9.17) is 9.15 Å². The molecular weight excluding hydrogens is 801 g/mol. The van der Waals surface area contributed by atoms with Gasteiger partial charge in [-0.05, 0) is 84.0 Å². The monoisotopic (exact) mass is 846 g/mol. The number of carbonyl (C=O) groups is 6. The Labute approximate surface area is 364 Å². The van der Waals surface area contributed by atoms with E-state index in [1.54, 1.807) is 91.1 Å². The number of aromatic nitrogens is 1. The fraction of sp³-hybridized carbons (Fsp3) is 0.204. The maximum atomic E-state index is 14.7. The lowest BCUT2D eigenvalue weighted by Crippen LogP contribution is -2.48. The van der Waals surface area contributed by atoms with Crippen LogP contribution in [-0.4, -0.2) is 60.1 Å². The summed E-state index contributed by atoms with van der Waals surface area (Å²) in [5, 5.41) is 11.0. The molecule has 1 aliphatic rings. The number of pyridine rings is 1. The molecule has 6 aromatic rings. The first kappa shape index (κ1) is 43.2. The van der Waals surface area contributed by atoms with Gasteiger partial charge in [0, 0.05) is 43.2 Å². The highest BCUT2D eigenvalue weighted by Gasteiger charge is 2.37. The van der Waals surface area contributed by atoms with Crippen molar-refractivity contribution in [1.82, 2.24) is 26.3 Å². The van der Waals surface area contributed by atoms with Gasteiger partial charge in [-0.3, -0.25) is 44.0 Å². The third-order valence-corrected chi connectivity index (χ3v) is 10.5. The number of furan rings is 1. The zero-order valence-electron chi connectivity index (χ0n) is 34.3. The van der Waals surface area contributed by atoms with Crippen molar-refractivity contribution in [3.8, 4) is 16.9 Å². The molecule has 1 aliphatic heterocycles. The Bertz CT molecular complexity index is 2480. The molecule has 4 N–H and O–H groups in total. The second kappa shape index (κ2) is 21.1. The molecule has 0 bridgehead atoms. The number of benzene rings is 4. The maximum Gasteiger partial charge on any atom is 0.294 e. The topological polar surface area (TPSA) is 189 Å². The molecule has 4 aromatic carbocycles. The number of hydrogen-bond donors (Lipinski definition) is 4. The molecule has 63 heavy (non-hydrogen) atoms. The van der Waals surface area contributed by atoms with Gasteiger partial charge in [0.25, 0.3) is 11.8 Å². The second-order valence-electron chi connectivity index (χ2n) is 14.8. The lowest BCUT2D eigenvalue weighted by Gasteiger charge is -2.32. The number of imide groups is 1. The van der Waals surface area contributed by atoms with Crippen LogP contribution in [0.5, 0.6) is 5.75 Å². The highest BCUT2D eigenvalue weighted by Crippen LogP contribution is 2.33. The number of piperidine rings is 1. The van der Waals surface area contributed by atoms with Gasteiger partial charge in [0.1, 0.15) is 17.8 Å². The molecule has 320 valence electrons. The van der Waals surface area contributed by atoms with E-state index in [0.717, 1.165) is 16.7 Å². The third-order valence-electron chi connectivity index (χ3n) is 10.5. The van der Waals surface area contributed by atoms with Crippen LogP contribution >= 0.6 is 0 Å². The van der Waals surface area contributed by atoms with Crippen LogP contribution < -0.4 is 30.9 Å². The van der Waals surface area contributed by atoms with Gasteiger partial charge in [-0.1, -0.05) is 91.0 Å². The number of anilines is 1. The largest absolute Gasteiger partial charge is 0.484 e. The zero-order chi connectivity index (χ0) is 44.0. The number of ether oxygens (including phenoxy) is 1. The number of nitrogens with one attached hydrogen (secondary N) is 4. The first-order chi connectivity index (χ1) is 30.7. The summed E-state index contributed by atoms with van der Waals surface area (Å²) in [7, 11) is 0. The highest BCUT2D eigenvalue weighted by molar-refractivity contribution is 6.09. The van der Waals surface area contributed by atoms with Crippen molar-refractivity contribution in [2.24, 2.45) is 0 Å². The van der Waals surface area contributed by atoms with E-state index in [-0.39, 0.29) is 43.1 Å². The molecule has 1 unspecified atom stereocenters. The molecule has 0 spiro atoms. The van der Waals surface area contributed by atoms with Crippen LogP contribution in [-0.2, 0) is 24.0 Å². The Hall–Kier alpha value is -7.87. The van der Waals surface area contributed by atoms with E-state index in [0.29, 0.717) is 48.4 Å². The molecule has 3 atom stereocenters. The molecule has 3 heterocycles. The number of hydrogen-bond acceptors (Lipinski definition) is 9. The maximum absolute atomic E-state index is 14.7. The Balaban J connectivity index is 0.976. The van der Waals surface area contributed by atoms with E-state index in [1.165, 1.54) is 23.4 Å². The number of carbonyl (C=O) groups excluding carboxylic acids is 6. The molecule has 1 saturated heterocycles. The molecule has 2 aromatic heterocycles. The van der Waals surface area contributed by atoms with Gasteiger partial charge in [0.2, 0.25) is 23.6 Å². The van der Waals surface area contributed by atoms with Crippen LogP contribution in [0.25, 0.3) is 11.1 Å². The van der Waals surface area contributed by atoms with Gasteiger partial charge >= 0.3 is 0 Å². The number of rotatable bonds is 18. The quantitative estimate of drug-likeness (QED) is 0.0577. The van der Waals surface area contributed by atoms with Crippen molar-refractivity contribution in [1.29, 1.82) is 0 Å². The third kappa shape index (κ3) is 11.3. The van der Waals surface area contributed by atoms with E-state index in [2.05, 4.69) is 26.3 Å². The lowest BCUT2D eigenvalue weighted by atomic mass is 9.90. The van der Waals surface area contributed by atoms with E-state index in [1.807, 2.05) is 42.5 Å². The Kier molecular flexibility index (Phi) is 14.5. The van der Waals surface area contributed by atoms with Crippen molar-refractivity contribution >= 4 is 41.1 Å². The molecule has 0 aliphatic carbocycles. The number of nitrogens with zero attached hydrogens (tertiary/aromatic N) is 2. The van der Waals surface area contributed by atoms with Crippen LogP contribution in [0.3, 0.4) is 0 Å². The number of amides is 6. The summed E-state index contributed by atoms with van der Waals surface area (Å²) in [6.45, 7) is 0.382. The van der Waals surface area contributed by atoms with Gasteiger partial charge in [-0.25, -0.2) is 0 Å². The number of unbranched alkanes of at least 4 members (excludes halogenated alkanes) is 1. The molecule has 14 heteroatoms. The van der Waals surface area contributed by atoms with Crippen molar-refractivity contribution in [2.45, 2.75) is 43.7 Å². The summed E-state index contributed by atoms with van der Waals surface area (Å²) in [4.78, 5) is 84.7. The summed E-state index contributed by atoms with van der Waals surface area (Å²) in [6, 6.07) is 36.8. The smallest absolute Gasteiger partial charge is 0.294 e. The first-order valence-corrected chi connectivity index (χ1v) is 20.6. The molecule has 1 fully saturated rings. The predicted molar refractivity (Wildman–Crippen MR) is 234 cm³/mol. The zero-order valence-corrected chi connectivity index (χ0v) is 34.3. The van der Waals surface area contributed by atoms with Gasteiger partial charge in [0.15, 0.2) is 12.4 Å². The van der Waals surface area contributed by atoms with Gasteiger partial charge in [-0.15, -0.1) is 0 Å². The van der Waals surface area contributed by atoms with Crippen LogP contribution in [0.1, 0.15) is 70.9 Å². The average Bonchev–Trinajstić information content (AvgIpc) is 3.87. The van der Waals surface area contributed by atoms with E-state index >= 15 is 0 Å². The van der Waals surface area contributed by atoms with Crippen LogP contribution in [0.4, 0.5) is 5.69 Å². The standard InChI is InChI=1S/C49H46N6O8/c56-42-26-25-40(46(58)53-42)35-19-23-39(24-20-35)63-32-43(57)51-28-7-8-29-52-47(59)44(36-13-5-2-6-14-36)54-48(60)45(37-15-9-27-50-31-37)55(49(61)41-16-10-30-62-41)38-21-17-34(18-22-38)33-11-3-1-4-12-33/h1-6,9-24,27,30-31,40,44-45H,7-8,25-26,28-29,32H2,(H,51,57)(H,52,59)(H,54,60)(H,53,56,58)/t40?,44-,45-/m1/s1. The lowest BCUT2D eigenvalue weighted by molar-refractivity contribution is -0.134. The fourth-order valence-corrected chi connectivity index (χ4v) is 7.27. The molecule has 6 amide bonds. The Morgan fingerprint density at radius 1 is 0.746 bits per heavy atom. The highest BCUT2D eigenvalue weighted by atomic mass is 16.5. The van der Waals surface area contributed by atoms with Gasteiger partial charge in [-0.2, -0.15) is 0 Å². The minimum atomic E-state index is -1.28. The summed E-state index contributed by atoms with van der Waals surface area (Å²) in [5.74, 6) is -2.51. The van der Waals surface area contributed by atoms with Gasteiger partial charge < -0.3 is 25.1 Å². The van der Waals surface area contributed by atoms with Gasteiger partial charge in [0.05, 0.1) is 12.2 Å². The molecular formula is C49H46N6O8. The molecule has 7 rings (SSSR count). The van der Waals surface area contributed by atoms with Crippen molar-refractivity contribution < 1.29 is 37.9 Å². The summed E-state index contributed by atoms with van der Waals surface area (Å²) in [5.41, 5.74) is 4.01. The van der Waals surface area contributed by atoms with Crippen LogP contribution in [0.2, 0.25) is 0 Å². The average molecular weight is 847 g/mol. The van der Waals surface area contributed by atoms with Crippen LogP contribution in [0, 0.1) is 0 Å². The van der Waals surface area contributed by atoms with Crippen molar-refractivity contribution in [3.05, 3.63) is 175 Å². The minimum Gasteiger partial charge on any atom is -0.484 e. The summed E-state index contributed by atoms with van der Waals surface area (Å²) in [6.07, 6.45) is 6.26. The van der Waals surface area contributed by atoms with Crippen molar-refractivity contribution in [3.63, 3.8) is 0 Å². The Morgan fingerprint density at radius 2 is 1.43 bits per heavy atom. The first-order valence-electron chi connectivity index (χ1n) is 20.6. The fourth-order valence-electron chi connectivity index (χ4n) is 7.27. The second-order valence-corrected chi connectivity index (χ2v) is 14.8. The predicted octanol–water partition coefficient (Wildman–Crippen LogP) is 6.20. The minimum absolute atomic E-state index is 0.0169. The summed E-state index contributed by atoms with van der Waals surface area (Å²) < 4.78 is 11.2. The Morgan fingerprint density at radius 3 is 2.10 bits per heavy atom. The normalized spacial score (nSPS) is 14.4. The molecule has 0 saturated carbocycles. The van der Waals surface area contributed by atoms with E-state index in [9.17, 15) is 28.8 Å². The summed E-state index contributed by atoms with van der Waals surface area (Å²) >= 11 is 0. The van der Waals surface area contributed by atoms with Crippen molar-refractivity contribution in [2.75, 3.05) is 24.6 Å². The van der Waals surface area contributed by atoms with Crippen LogP contribution in [0.15, 0.2) is 157 Å².